The van der Waals surface area contributed by atoms with E-state index in [9.17, 15) is 8.42 Å². The van der Waals surface area contributed by atoms with Gasteiger partial charge in [0.25, 0.3) is 0 Å². The van der Waals surface area contributed by atoms with Crippen LogP contribution in [-0.2, 0) is 10.0 Å². The summed E-state index contributed by atoms with van der Waals surface area (Å²) in [6.45, 7) is 2.51. The summed E-state index contributed by atoms with van der Waals surface area (Å²) >= 11 is 0. The van der Waals surface area contributed by atoms with E-state index in [4.69, 9.17) is 0 Å². The van der Waals surface area contributed by atoms with Gasteiger partial charge in [0.05, 0.1) is 11.9 Å². The highest BCUT2D eigenvalue weighted by molar-refractivity contribution is 7.92. The maximum Gasteiger partial charge on any atom is 0.232 e. The van der Waals surface area contributed by atoms with E-state index in [1.54, 1.807) is 0 Å². The molecule has 2 rings (SSSR count). The summed E-state index contributed by atoms with van der Waals surface area (Å²) in [7, 11) is -3.21. The van der Waals surface area contributed by atoms with Crippen molar-refractivity contribution < 1.29 is 8.42 Å². The lowest BCUT2D eigenvalue weighted by atomic mass is 10.00. The Balaban J connectivity index is 2.16. The topological polar surface area (TPSA) is 49.4 Å². The summed E-state index contributed by atoms with van der Waals surface area (Å²) in [5.41, 5.74) is 0.755. The van der Waals surface area contributed by atoms with Gasteiger partial charge in [-0.3, -0.25) is 4.31 Å². The van der Waals surface area contributed by atoms with Crippen LogP contribution >= 0.6 is 0 Å². The molecule has 1 fully saturated rings. The van der Waals surface area contributed by atoms with Crippen LogP contribution in [0.25, 0.3) is 0 Å². The highest BCUT2D eigenvalue weighted by Crippen LogP contribution is 2.21. The minimum Gasteiger partial charge on any atom is -0.316 e. The zero-order valence-corrected chi connectivity index (χ0v) is 11.5. The van der Waals surface area contributed by atoms with Crippen molar-refractivity contribution in [1.29, 1.82) is 0 Å². The number of nitrogens with one attached hydrogen (secondary N) is 1. The SMILES string of the molecule is CS(=O)(=O)N(CC1CCCNC1)c1ccccc1. The molecule has 0 aromatic heterocycles. The molecular formula is C13H20N2O2S. The summed E-state index contributed by atoms with van der Waals surface area (Å²) in [6.07, 6.45) is 3.49. The van der Waals surface area contributed by atoms with Crippen molar-refractivity contribution in [2.75, 3.05) is 30.2 Å². The average Bonchev–Trinajstić information content (AvgIpc) is 2.37. The van der Waals surface area contributed by atoms with Crippen molar-refractivity contribution >= 4 is 15.7 Å². The highest BCUT2D eigenvalue weighted by atomic mass is 32.2. The monoisotopic (exact) mass is 268 g/mol. The van der Waals surface area contributed by atoms with Crippen molar-refractivity contribution in [3.05, 3.63) is 30.3 Å². The van der Waals surface area contributed by atoms with E-state index in [1.807, 2.05) is 30.3 Å². The number of nitrogens with zero attached hydrogens (tertiary/aromatic N) is 1. The third kappa shape index (κ3) is 3.46. The highest BCUT2D eigenvalue weighted by Gasteiger charge is 2.23. The van der Waals surface area contributed by atoms with Crippen molar-refractivity contribution in [2.24, 2.45) is 5.92 Å². The van der Waals surface area contributed by atoms with E-state index in [1.165, 1.54) is 10.6 Å². The fourth-order valence-electron chi connectivity index (χ4n) is 2.34. The van der Waals surface area contributed by atoms with Crippen LogP contribution in [0.3, 0.4) is 0 Å². The molecule has 1 aromatic carbocycles. The number of hydrogen-bond acceptors (Lipinski definition) is 3. The predicted molar refractivity (Wildman–Crippen MR) is 74.2 cm³/mol. The Morgan fingerprint density at radius 1 is 1.33 bits per heavy atom. The van der Waals surface area contributed by atoms with E-state index >= 15 is 0 Å². The average molecular weight is 268 g/mol. The van der Waals surface area contributed by atoms with Crippen LogP contribution in [0.1, 0.15) is 12.8 Å². The summed E-state index contributed by atoms with van der Waals surface area (Å²) in [5.74, 6) is 0.397. The lowest BCUT2D eigenvalue weighted by Gasteiger charge is -2.30. The molecule has 0 bridgehead atoms. The molecule has 0 spiro atoms. The zero-order chi connectivity index (χ0) is 13.0. The van der Waals surface area contributed by atoms with Crippen LogP contribution in [0.5, 0.6) is 0 Å². The second-order valence-electron chi connectivity index (χ2n) is 4.84. The van der Waals surface area contributed by atoms with Gasteiger partial charge in [0.1, 0.15) is 0 Å². The van der Waals surface area contributed by atoms with Crippen LogP contribution in [0.4, 0.5) is 5.69 Å². The van der Waals surface area contributed by atoms with Crippen LogP contribution in [0.15, 0.2) is 30.3 Å². The molecular weight excluding hydrogens is 248 g/mol. The van der Waals surface area contributed by atoms with Gasteiger partial charge < -0.3 is 5.32 Å². The molecule has 1 aromatic rings. The summed E-state index contributed by atoms with van der Waals surface area (Å²) in [5, 5.41) is 3.32. The standard InChI is InChI=1S/C13H20N2O2S/c1-18(16,17)15(13-7-3-2-4-8-13)11-12-6-5-9-14-10-12/h2-4,7-8,12,14H,5-6,9-11H2,1H3. The van der Waals surface area contributed by atoms with Crippen LogP contribution in [0.2, 0.25) is 0 Å². The Bertz CT molecular complexity index is 467. The number of hydrogen-bond donors (Lipinski definition) is 1. The molecule has 1 aliphatic rings. The molecule has 4 nitrogen and oxygen atoms in total. The van der Waals surface area contributed by atoms with Gasteiger partial charge in [-0.05, 0) is 44.0 Å². The van der Waals surface area contributed by atoms with Crippen molar-refractivity contribution in [3.8, 4) is 0 Å². The Labute approximate surface area is 109 Å². The molecule has 1 saturated heterocycles. The minimum atomic E-state index is -3.21. The van der Waals surface area contributed by atoms with E-state index < -0.39 is 10.0 Å². The first kappa shape index (κ1) is 13.4. The van der Waals surface area contributed by atoms with Crippen molar-refractivity contribution in [3.63, 3.8) is 0 Å². The molecule has 0 aliphatic carbocycles. The number of anilines is 1. The first-order valence-electron chi connectivity index (χ1n) is 6.31. The molecule has 18 heavy (non-hydrogen) atoms. The van der Waals surface area contributed by atoms with E-state index in [0.29, 0.717) is 12.5 Å². The minimum absolute atomic E-state index is 0.397. The largest absolute Gasteiger partial charge is 0.316 e. The van der Waals surface area contributed by atoms with Gasteiger partial charge in [-0.2, -0.15) is 0 Å². The molecule has 5 heteroatoms. The summed E-state index contributed by atoms with van der Waals surface area (Å²) in [4.78, 5) is 0. The summed E-state index contributed by atoms with van der Waals surface area (Å²) in [6, 6.07) is 9.32. The summed E-state index contributed by atoms with van der Waals surface area (Å²) < 4.78 is 25.3. The smallest absolute Gasteiger partial charge is 0.232 e. The van der Waals surface area contributed by atoms with Gasteiger partial charge in [0.2, 0.25) is 10.0 Å². The molecule has 1 heterocycles. The third-order valence-electron chi connectivity index (χ3n) is 3.27. The Morgan fingerprint density at radius 2 is 2.06 bits per heavy atom. The van der Waals surface area contributed by atoms with E-state index in [0.717, 1.165) is 31.6 Å². The molecule has 0 radical (unpaired) electrons. The number of piperidine rings is 1. The fourth-order valence-corrected chi connectivity index (χ4v) is 3.33. The molecule has 100 valence electrons. The van der Waals surface area contributed by atoms with Gasteiger partial charge in [-0.15, -0.1) is 0 Å². The number of benzene rings is 1. The van der Waals surface area contributed by atoms with Gasteiger partial charge in [0, 0.05) is 6.54 Å². The number of rotatable bonds is 4. The lowest BCUT2D eigenvalue weighted by molar-refractivity contribution is 0.385. The third-order valence-corrected chi connectivity index (χ3v) is 4.43. The van der Waals surface area contributed by atoms with E-state index in [2.05, 4.69) is 5.32 Å². The molecule has 0 saturated carbocycles. The molecule has 0 amide bonds. The second-order valence-corrected chi connectivity index (χ2v) is 6.75. The maximum atomic E-state index is 11.9. The van der Waals surface area contributed by atoms with Gasteiger partial charge in [-0.1, -0.05) is 18.2 Å². The Kier molecular flexibility index (Phi) is 4.24. The lowest BCUT2D eigenvalue weighted by Crippen LogP contribution is -2.40. The van der Waals surface area contributed by atoms with Crippen molar-refractivity contribution in [2.45, 2.75) is 12.8 Å². The molecule has 1 unspecified atom stereocenters. The van der Waals surface area contributed by atoms with E-state index in [-0.39, 0.29) is 0 Å². The van der Waals surface area contributed by atoms with Gasteiger partial charge in [-0.25, -0.2) is 8.42 Å². The van der Waals surface area contributed by atoms with Crippen molar-refractivity contribution in [1.82, 2.24) is 5.32 Å². The van der Waals surface area contributed by atoms with Crippen LogP contribution in [0, 0.1) is 5.92 Å². The predicted octanol–water partition coefficient (Wildman–Crippen LogP) is 1.45. The van der Waals surface area contributed by atoms with Gasteiger partial charge in [0.15, 0.2) is 0 Å². The number of sulfonamides is 1. The molecule has 1 aliphatic heterocycles. The molecule has 1 atom stereocenters. The normalized spacial score (nSPS) is 20.6. The fraction of sp³-hybridized carbons (Fsp3) is 0.538. The van der Waals surface area contributed by atoms with Gasteiger partial charge >= 0.3 is 0 Å². The Morgan fingerprint density at radius 3 is 2.61 bits per heavy atom. The first-order chi connectivity index (χ1) is 8.57. The van der Waals surface area contributed by atoms with Crippen LogP contribution < -0.4 is 9.62 Å². The quantitative estimate of drug-likeness (QED) is 0.899. The second kappa shape index (κ2) is 5.71. The number of para-hydroxylation sites is 1. The maximum absolute atomic E-state index is 11.9. The van der Waals surface area contributed by atoms with Crippen LogP contribution in [-0.4, -0.2) is 34.3 Å². The molecule has 1 N–H and O–H groups in total. The first-order valence-corrected chi connectivity index (χ1v) is 8.15. The Hall–Kier alpha value is -1.07. The zero-order valence-electron chi connectivity index (χ0n) is 10.7.